The Morgan fingerprint density at radius 2 is 2.04 bits per heavy atom. The van der Waals surface area contributed by atoms with Crippen molar-refractivity contribution in [1.29, 1.82) is 0 Å². The molecule has 1 amide bonds. The average Bonchev–Trinajstić information content (AvgIpc) is 2.87. The number of carbonyl (C=O) groups is 1. The van der Waals surface area contributed by atoms with Gasteiger partial charge in [-0.2, -0.15) is 10.2 Å². The number of anilines is 1. The Balaban J connectivity index is 1.59. The summed E-state index contributed by atoms with van der Waals surface area (Å²) in [5, 5.41) is 15.8. The predicted molar refractivity (Wildman–Crippen MR) is 96.4 cm³/mol. The van der Waals surface area contributed by atoms with Gasteiger partial charge in [-0.25, -0.2) is 0 Å². The number of nitrogens with zero attached hydrogens (tertiary/aromatic N) is 5. The third-order valence-corrected chi connectivity index (χ3v) is 5.10. The number of aromatic nitrogens is 4. The second-order valence-corrected chi connectivity index (χ2v) is 6.78. The summed E-state index contributed by atoms with van der Waals surface area (Å²) in [6, 6.07) is 4.12. The van der Waals surface area contributed by atoms with Crippen molar-refractivity contribution in [2.24, 2.45) is 7.05 Å². The van der Waals surface area contributed by atoms with E-state index in [1.165, 1.54) is 0 Å². The number of aryl methyl sites for hydroxylation is 2. The Bertz CT molecular complexity index is 734. The Labute approximate surface area is 148 Å². The van der Waals surface area contributed by atoms with E-state index in [0.717, 1.165) is 48.7 Å². The number of nitrogens with one attached hydrogen (secondary N) is 1. The first-order chi connectivity index (χ1) is 12.0. The summed E-state index contributed by atoms with van der Waals surface area (Å²) >= 11 is 0. The molecule has 1 aliphatic rings. The van der Waals surface area contributed by atoms with E-state index in [1.807, 2.05) is 49.5 Å². The number of hydrogen-bond acceptors (Lipinski definition) is 5. The molecular weight excluding hydrogens is 316 g/mol. The maximum atomic E-state index is 12.9. The lowest BCUT2D eigenvalue weighted by atomic mass is 9.96. The van der Waals surface area contributed by atoms with Gasteiger partial charge in [-0.05, 0) is 45.7 Å². The lowest BCUT2D eigenvalue weighted by Gasteiger charge is -2.34. The van der Waals surface area contributed by atoms with Crippen molar-refractivity contribution in [3.8, 4) is 0 Å². The third kappa shape index (κ3) is 3.65. The third-order valence-electron chi connectivity index (χ3n) is 5.10. The second kappa shape index (κ2) is 7.21. The van der Waals surface area contributed by atoms with Crippen molar-refractivity contribution in [2.75, 3.05) is 18.4 Å². The minimum absolute atomic E-state index is 0.154. The first-order valence-corrected chi connectivity index (χ1v) is 8.80. The molecule has 0 radical (unpaired) electrons. The first kappa shape index (κ1) is 17.4. The van der Waals surface area contributed by atoms with Crippen LogP contribution < -0.4 is 5.32 Å². The summed E-state index contributed by atoms with van der Waals surface area (Å²) in [4.78, 5) is 14.9. The Kier molecular flexibility index (Phi) is 5.01. The number of rotatable bonds is 4. The van der Waals surface area contributed by atoms with Crippen molar-refractivity contribution in [2.45, 2.75) is 45.6 Å². The van der Waals surface area contributed by atoms with E-state index in [0.29, 0.717) is 6.04 Å². The van der Waals surface area contributed by atoms with E-state index in [-0.39, 0.29) is 11.8 Å². The van der Waals surface area contributed by atoms with Crippen LogP contribution in [0.1, 0.15) is 42.6 Å². The normalized spacial score (nSPS) is 16.7. The fraction of sp³-hybridized carbons (Fsp3) is 0.556. The van der Waals surface area contributed by atoms with E-state index in [2.05, 4.69) is 20.6 Å². The fourth-order valence-electron chi connectivity index (χ4n) is 3.65. The van der Waals surface area contributed by atoms with Gasteiger partial charge in [0, 0.05) is 43.6 Å². The van der Waals surface area contributed by atoms with E-state index in [1.54, 1.807) is 6.20 Å². The Morgan fingerprint density at radius 1 is 1.32 bits per heavy atom. The first-order valence-electron chi connectivity index (χ1n) is 8.80. The summed E-state index contributed by atoms with van der Waals surface area (Å²) in [6.45, 7) is 7.52. The van der Waals surface area contributed by atoms with Gasteiger partial charge in [0.25, 0.3) is 0 Å². The standard InChI is InChI=1S/C18H26N6O/c1-12(17-13(2)22-23(4)14(17)3)18(25)24-10-7-15(8-11-24)20-16-6-5-9-19-21-16/h5-6,9,12,15H,7-8,10-11H2,1-4H3,(H,20,21). The number of piperidine rings is 1. The van der Waals surface area contributed by atoms with Crippen LogP contribution in [0.4, 0.5) is 5.82 Å². The largest absolute Gasteiger partial charge is 0.366 e. The molecule has 7 heteroatoms. The zero-order chi connectivity index (χ0) is 18.0. The van der Waals surface area contributed by atoms with Gasteiger partial charge in [0.1, 0.15) is 5.82 Å². The topological polar surface area (TPSA) is 75.9 Å². The van der Waals surface area contributed by atoms with Crippen LogP contribution in [0.2, 0.25) is 0 Å². The summed E-state index contributed by atoms with van der Waals surface area (Å²) in [5.41, 5.74) is 3.07. The molecule has 2 aromatic rings. The van der Waals surface area contributed by atoms with Crippen molar-refractivity contribution in [3.05, 3.63) is 35.3 Å². The number of carbonyl (C=O) groups excluding carboxylic acids is 1. The monoisotopic (exact) mass is 342 g/mol. The van der Waals surface area contributed by atoms with Crippen LogP contribution in [0, 0.1) is 13.8 Å². The molecule has 0 aromatic carbocycles. The van der Waals surface area contributed by atoms with Gasteiger partial charge in [-0.1, -0.05) is 0 Å². The van der Waals surface area contributed by atoms with Crippen LogP contribution >= 0.6 is 0 Å². The molecule has 3 rings (SSSR count). The summed E-state index contributed by atoms with van der Waals surface area (Å²) in [5.74, 6) is 0.831. The van der Waals surface area contributed by atoms with E-state index >= 15 is 0 Å². The van der Waals surface area contributed by atoms with Crippen LogP contribution in [0.25, 0.3) is 0 Å². The Hall–Kier alpha value is -2.44. The van der Waals surface area contributed by atoms with Gasteiger partial charge in [0.15, 0.2) is 0 Å². The highest BCUT2D eigenvalue weighted by Gasteiger charge is 2.29. The molecule has 1 N–H and O–H groups in total. The van der Waals surface area contributed by atoms with Crippen LogP contribution in [0.5, 0.6) is 0 Å². The summed E-state index contributed by atoms with van der Waals surface area (Å²) < 4.78 is 1.85. The van der Waals surface area contributed by atoms with E-state index < -0.39 is 0 Å². The molecule has 0 aliphatic carbocycles. The molecule has 3 heterocycles. The molecule has 0 spiro atoms. The minimum atomic E-state index is -0.154. The van der Waals surface area contributed by atoms with Crippen molar-refractivity contribution >= 4 is 11.7 Å². The van der Waals surface area contributed by atoms with Gasteiger partial charge in [-0.15, -0.1) is 5.10 Å². The molecule has 1 atom stereocenters. The molecule has 1 saturated heterocycles. The average molecular weight is 342 g/mol. The van der Waals surface area contributed by atoms with Gasteiger partial charge < -0.3 is 10.2 Å². The maximum Gasteiger partial charge on any atom is 0.229 e. The highest BCUT2D eigenvalue weighted by atomic mass is 16.2. The molecule has 2 aromatic heterocycles. The van der Waals surface area contributed by atoms with Crippen LogP contribution in [-0.4, -0.2) is 49.9 Å². The highest BCUT2D eigenvalue weighted by molar-refractivity contribution is 5.84. The van der Waals surface area contributed by atoms with E-state index in [9.17, 15) is 4.79 Å². The van der Waals surface area contributed by atoms with Gasteiger partial charge >= 0.3 is 0 Å². The number of likely N-dealkylation sites (tertiary alicyclic amines) is 1. The zero-order valence-corrected chi connectivity index (χ0v) is 15.4. The molecular formula is C18H26N6O. The Morgan fingerprint density at radius 3 is 2.60 bits per heavy atom. The van der Waals surface area contributed by atoms with Crippen LogP contribution in [0.3, 0.4) is 0 Å². The van der Waals surface area contributed by atoms with Crippen LogP contribution in [0.15, 0.2) is 18.3 Å². The molecule has 1 unspecified atom stereocenters. The smallest absolute Gasteiger partial charge is 0.229 e. The minimum Gasteiger partial charge on any atom is -0.366 e. The van der Waals surface area contributed by atoms with Crippen LogP contribution in [-0.2, 0) is 11.8 Å². The van der Waals surface area contributed by atoms with Gasteiger partial charge in [0.05, 0.1) is 11.6 Å². The molecule has 1 fully saturated rings. The SMILES string of the molecule is Cc1nn(C)c(C)c1C(C)C(=O)N1CCC(Nc2cccnn2)CC1. The number of hydrogen-bond donors (Lipinski definition) is 1. The van der Waals surface area contributed by atoms with Crippen molar-refractivity contribution in [1.82, 2.24) is 24.9 Å². The fourth-order valence-corrected chi connectivity index (χ4v) is 3.65. The van der Waals surface area contributed by atoms with E-state index in [4.69, 9.17) is 0 Å². The highest BCUT2D eigenvalue weighted by Crippen LogP contribution is 2.26. The summed E-state index contributed by atoms with van der Waals surface area (Å²) in [6.07, 6.45) is 3.50. The molecule has 25 heavy (non-hydrogen) atoms. The van der Waals surface area contributed by atoms with Crippen molar-refractivity contribution in [3.63, 3.8) is 0 Å². The molecule has 1 aliphatic heterocycles. The summed E-state index contributed by atoms with van der Waals surface area (Å²) in [7, 11) is 1.92. The molecule has 134 valence electrons. The maximum absolute atomic E-state index is 12.9. The quantitative estimate of drug-likeness (QED) is 0.920. The number of amides is 1. The molecule has 7 nitrogen and oxygen atoms in total. The second-order valence-electron chi connectivity index (χ2n) is 6.78. The predicted octanol–water partition coefficient (Wildman–Crippen LogP) is 2.03. The molecule has 0 bridgehead atoms. The van der Waals surface area contributed by atoms with Gasteiger partial charge in [-0.3, -0.25) is 9.48 Å². The zero-order valence-electron chi connectivity index (χ0n) is 15.4. The van der Waals surface area contributed by atoms with Crippen molar-refractivity contribution < 1.29 is 4.79 Å². The molecule has 0 saturated carbocycles. The van der Waals surface area contributed by atoms with Gasteiger partial charge in [0.2, 0.25) is 5.91 Å². The lowest BCUT2D eigenvalue weighted by Crippen LogP contribution is -2.44. The lowest BCUT2D eigenvalue weighted by molar-refractivity contribution is -0.133.